The second-order valence-electron chi connectivity index (χ2n) is 4.17. The Morgan fingerprint density at radius 1 is 1.56 bits per heavy atom. The summed E-state index contributed by atoms with van der Waals surface area (Å²) in [5, 5.41) is 9.96. The summed E-state index contributed by atoms with van der Waals surface area (Å²) in [6.45, 7) is 0.574. The van der Waals surface area contributed by atoms with Crippen LogP contribution in [0.1, 0.15) is 16.8 Å². The molecule has 1 aromatic carbocycles. The van der Waals surface area contributed by atoms with Crippen molar-refractivity contribution >= 4 is 56.1 Å². The van der Waals surface area contributed by atoms with Crippen molar-refractivity contribution in [3.05, 3.63) is 27.3 Å². The van der Waals surface area contributed by atoms with Crippen LogP contribution in [0.2, 0.25) is 0 Å². The first kappa shape index (κ1) is 13.8. The fourth-order valence-electron chi connectivity index (χ4n) is 2.06. The van der Waals surface area contributed by atoms with Gasteiger partial charge in [-0.3, -0.25) is 4.79 Å². The molecule has 6 heteroatoms. The number of carboxylic acids is 1. The highest BCUT2D eigenvalue weighted by molar-refractivity contribution is 14.1. The highest BCUT2D eigenvalue weighted by Gasteiger charge is 2.33. The van der Waals surface area contributed by atoms with E-state index in [1.807, 2.05) is 6.07 Å². The van der Waals surface area contributed by atoms with E-state index >= 15 is 0 Å². The summed E-state index contributed by atoms with van der Waals surface area (Å²) in [6, 6.07) is 5.04. The second kappa shape index (κ2) is 5.56. The molecule has 1 aromatic rings. The predicted molar refractivity (Wildman–Crippen MR) is 80.4 cm³/mol. The van der Waals surface area contributed by atoms with Crippen LogP contribution in [0.15, 0.2) is 18.2 Å². The number of hydrogen-bond acceptors (Lipinski definition) is 2. The summed E-state index contributed by atoms with van der Waals surface area (Å²) in [5.74, 6) is -0.764. The first-order valence-corrected chi connectivity index (χ1v) is 7.62. The molecule has 1 amide bonds. The van der Waals surface area contributed by atoms with Gasteiger partial charge in [0.1, 0.15) is 0 Å². The van der Waals surface area contributed by atoms with E-state index in [0.717, 1.165) is 8.90 Å². The van der Waals surface area contributed by atoms with Crippen molar-refractivity contribution in [1.29, 1.82) is 0 Å². The molecular formula is C12H11BrINO3. The van der Waals surface area contributed by atoms with Crippen molar-refractivity contribution in [2.45, 2.75) is 6.42 Å². The number of rotatable bonds is 3. The number of carbonyl (C=O) groups excluding carboxylic acids is 1. The zero-order chi connectivity index (χ0) is 13.3. The van der Waals surface area contributed by atoms with Crippen molar-refractivity contribution in [2.24, 2.45) is 5.92 Å². The molecule has 0 radical (unpaired) electrons. The predicted octanol–water partition coefficient (Wildman–Crippen LogP) is 2.74. The van der Waals surface area contributed by atoms with Gasteiger partial charge < -0.3 is 10.0 Å². The average molecular weight is 424 g/mol. The summed E-state index contributed by atoms with van der Waals surface area (Å²) in [5.41, 5.74) is 0.713. The quantitative estimate of drug-likeness (QED) is 0.600. The van der Waals surface area contributed by atoms with Crippen molar-refractivity contribution in [3.8, 4) is 0 Å². The Morgan fingerprint density at radius 2 is 2.28 bits per heavy atom. The minimum absolute atomic E-state index is 0.00827. The smallest absolute Gasteiger partial charge is 0.337 e. The lowest BCUT2D eigenvalue weighted by atomic mass is 10.1. The molecule has 1 saturated heterocycles. The van der Waals surface area contributed by atoms with E-state index in [4.69, 9.17) is 0 Å². The molecular weight excluding hydrogens is 413 g/mol. The van der Waals surface area contributed by atoms with Crippen LogP contribution in [0.25, 0.3) is 0 Å². The molecule has 0 bridgehead atoms. The van der Waals surface area contributed by atoms with Crippen LogP contribution in [0.5, 0.6) is 0 Å². The highest BCUT2D eigenvalue weighted by Crippen LogP contribution is 2.32. The molecule has 1 unspecified atom stereocenters. The van der Waals surface area contributed by atoms with Gasteiger partial charge in [-0.25, -0.2) is 4.79 Å². The lowest BCUT2D eigenvalue weighted by Crippen LogP contribution is -2.27. The van der Waals surface area contributed by atoms with E-state index in [9.17, 15) is 14.7 Å². The molecule has 0 saturated carbocycles. The van der Waals surface area contributed by atoms with Crippen LogP contribution in [0.3, 0.4) is 0 Å². The molecule has 96 valence electrons. The first-order chi connectivity index (χ1) is 8.54. The maximum atomic E-state index is 12.0. The molecule has 0 aromatic heterocycles. The Kier molecular flexibility index (Phi) is 4.26. The standard InChI is InChI=1S/C12H11BrINO3/c13-5-7-4-10(16)15(6-7)11-8(12(17)18)2-1-3-9(11)14/h1-3,7H,4-6H2,(H,17,18). The van der Waals surface area contributed by atoms with Crippen LogP contribution in [0.4, 0.5) is 5.69 Å². The van der Waals surface area contributed by atoms with E-state index in [1.54, 1.807) is 11.0 Å². The Hall–Kier alpha value is -0.630. The first-order valence-electron chi connectivity index (χ1n) is 5.42. The van der Waals surface area contributed by atoms with Crippen LogP contribution in [0, 0.1) is 9.49 Å². The van der Waals surface area contributed by atoms with Gasteiger partial charge in [0.25, 0.3) is 0 Å². The number of amides is 1. The topological polar surface area (TPSA) is 57.6 Å². The number of anilines is 1. The van der Waals surface area contributed by atoms with E-state index in [2.05, 4.69) is 38.5 Å². The van der Waals surface area contributed by atoms with Gasteiger partial charge in [0, 0.05) is 21.9 Å². The van der Waals surface area contributed by atoms with Gasteiger partial charge in [0.15, 0.2) is 0 Å². The van der Waals surface area contributed by atoms with Gasteiger partial charge >= 0.3 is 5.97 Å². The highest BCUT2D eigenvalue weighted by atomic mass is 127. The summed E-state index contributed by atoms with van der Waals surface area (Å²) in [6.07, 6.45) is 0.468. The number of carboxylic acid groups (broad SMARTS) is 1. The maximum Gasteiger partial charge on any atom is 0.337 e. The number of halogens is 2. The molecule has 1 fully saturated rings. The third kappa shape index (κ3) is 2.54. The van der Waals surface area contributed by atoms with Gasteiger partial charge in [-0.2, -0.15) is 0 Å². The number of benzene rings is 1. The minimum atomic E-state index is -1.00. The zero-order valence-electron chi connectivity index (χ0n) is 9.40. The molecule has 18 heavy (non-hydrogen) atoms. The fraction of sp³-hybridized carbons (Fsp3) is 0.333. The molecule has 2 rings (SSSR count). The lowest BCUT2D eigenvalue weighted by molar-refractivity contribution is -0.117. The number of aromatic carboxylic acids is 1. The Balaban J connectivity index is 2.45. The molecule has 1 aliphatic heterocycles. The third-order valence-corrected chi connectivity index (χ3v) is 4.70. The van der Waals surface area contributed by atoms with Crippen LogP contribution >= 0.6 is 38.5 Å². The number of alkyl halides is 1. The van der Waals surface area contributed by atoms with Crippen molar-refractivity contribution in [3.63, 3.8) is 0 Å². The molecule has 1 heterocycles. The van der Waals surface area contributed by atoms with Crippen molar-refractivity contribution < 1.29 is 14.7 Å². The Bertz CT molecular complexity index is 506. The number of carbonyl (C=O) groups is 2. The van der Waals surface area contributed by atoms with E-state index in [-0.39, 0.29) is 17.4 Å². The summed E-state index contributed by atoms with van der Waals surface area (Å²) in [4.78, 5) is 24.8. The summed E-state index contributed by atoms with van der Waals surface area (Å²) in [7, 11) is 0. The van der Waals surface area contributed by atoms with Crippen LogP contribution < -0.4 is 4.90 Å². The summed E-state index contributed by atoms with van der Waals surface area (Å²) >= 11 is 5.44. The maximum absolute atomic E-state index is 12.0. The Morgan fingerprint density at radius 3 is 2.83 bits per heavy atom. The number of nitrogens with zero attached hydrogens (tertiary/aromatic N) is 1. The third-order valence-electron chi connectivity index (χ3n) is 2.91. The van der Waals surface area contributed by atoms with Crippen LogP contribution in [-0.2, 0) is 4.79 Å². The van der Waals surface area contributed by atoms with Gasteiger partial charge in [0.2, 0.25) is 5.91 Å². The van der Waals surface area contributed by atoms with Crippen LogP contribution in [-0.4, -0.2) is 28.9 Å². The van der Waals surface area contributed by atoms with E-state index in [0.29, 0.717) is 18.7 Å². The second-order valence-corrected chi connectivity index (χ2v) is 5.98. The SMILES string of the molecule is O=C(O)c1cccc(I)c1N1CC(CBr)CC1=O. The molecule has 1 atom stereocenters. The molecule has 0 spiro atoms. The molecule has 4 nitrogen and oxygen atoms in total. The lowest BCUT2D eigenvalue weighted by Gasteiger charge is -2.20. The van der Waals surface area contributed by atoms with Gasteiger partial charge in [-0.1, -0.05) is 22.0 Å². The van der Waals surface area contributed by atoms with E-state index in [1.165, 1.54) is 6.07 Å². The zero-order valence-corrected chi connectivity index (χ0v) is 13.1. The average Bonchev–Trinajstić information content (AvgIpc) is 2.70. The van der Waals surface area contributed by atoms with Crippen molar-refractivity contribution in [2.75, 3.05) is 16.8 Å². The molecule has 1 aliphatic rings. The summed E-state index contributed by atoms with van der Waals surface area (Å²) < 4.78 is 0.788. The van der Waals surface area contributed by atoms with Gasteiger partial charge in [-0.05, 0) is 40.6 Å². The monoisotopic (exact) mass is 423 g/mol. The minimum Gasteiger partial charge on any atom is -0.478 e. The molecule has 0 aliphatic carbocycles. The normalized spacial score (nSPS) is 19.3. The number of hydrogen-bond donors (Lipinski definition) is 1. The molecule has 1 N–H and O–H groups in total. The number of para-hydroxylation sites is 1. The van der Waals surface area contributed by atoms with Gasteiger partial charge in [0.05, 0.1) is 11.3 Å². The Labute approximate surface area is 127 Å². The van der Waals surface area contributed by atoms with Gasteiger partial charge in [-0.15, -0.1) is 0 Å². The van der Waals surface area contributed by atoms with E-state index < -0.39 is 5.97 Å². The van der Waals surface area contributed by atoms with Crippen molar-refractivity contribution in [1.82, 2.24) is 0 Å². The largest absolute Gasteiger partial charge is 0.478 e. The fourth-order valence-corrected chi connectivity index (χ4v) is 3.29.